The summed E-state index contributed by atoms with van der Waals surface area (Å²) in [5, 5.41) is 2.47. The molecular weight excluding hydrogens is 200 g/mol. The van der Waals surface area contributed by atoms with Crippen LogP contribution >= 0.6 is 0 Å². The molecule has 0 aliphatic carbocycles. The van der Waals surface area contributed by atoms with Gasteiger partial charge in [-0.05, 0) is 19.2 Å². The number of imidazole rings is 1. The zero-order chi connectivity index (χ0) is 10.9. The van der Waals surface area contributed by atoms with E-state index in [1.807, 2.05) is 0 Å². The van der Waals surface area contributed by atoms with E-state index < -0.39 is 5.92 Å². The number of hydrogen-bond acceptors (Lipinski definition) is 2. The summed E-state index contributed by atoms with van der Waals surface area (Å²) in [6.45, 7) is -0.368. The Hall–Kier alpha value is -1.49. The molecule has 5 heteroatoms. The summed E-state index contributed by atoms with van der Waals surface area (Å²) in [4.78, 5) is 6.78. The Morgan fingerprint density at radius 2 is 2.27 bits per heavy atom. The Bertz CT molecular complexity index is 464. The fourth-order valence-corrected chi connectivity index (χ4v) is 1.49. The molecule has 0 spiro atoms. The Morgan fingerprint density at radius 1 is 1.47 bits per heavy atom. The van der Waals surface area contributed by atoms with Gasteiger partial charge in [-0.1, -0.05) is 6.07 Å². The van der Waals surface area contributed by atoms with Crippen LogP contribution in [0.4, 0.5) is 8.78 Å². The molecule has 1 aromatic carbocycles. The van der Waals surface area contributed by atoms with Crippen molar-refractivity contribution in [2.45, 2.75) is 5.92 Å². The van der Waals surface area contributed by atoms with E-state index in [4.69, 9.17) is 0 Å². The van der Waals surface area contributed by atoms with Crippen molar-refractivity contribution in [2.75, 3.05) is 13.6 Å². The number of nitrogens with one attached hydrogen (secondary N) is 2. The molecular formula is C10H11F2N3. The molecule has 2 rings (SSSR count). The fraction of sp³-hybridized carbons (Fsp3) is 0.300. The summed E-state index contributed by atoms with van der Waals surface area (Å²) >= 11 is 0. The molecule has 1 aromatic heterocycles. The summed E-state index contributed by atoms with van der Waals surface area (Å²) in [6.07, 6.45) is 1.49. The van der Waals surface area contributed by atoms with Crippen molar-refractivity contribution in [2.24, 2.45) is 0 Å². The van der Waals surface area contributed by atoms with Gasteiger partial charge in [0.1, 0.15) is 0 Å². The first-order valence-electron chi connectivity index (χ1n) is 4.59. The van der Waals surface area contributed by atoms with Crippen molar-refractivity contribution >= 4 is 11.0 Å². The van der Waals surface area contributed by atoms with Gasteiger partial charge in [0.2, 0.25) is 0 Å². The van der Waals surface area contributed by atoms with Gasteiger partial charge in [-0.3, -0.25) is 0 Å². The molecule has 0 radical (unpaired) electrons. The quantitative estimate of drug-likeness (QED) is 0.813. The van der Waals surface area contributed by atoms with E-state index in [-0.39, 0.29) is 12.1 Å². The molecule has 0 amide bonds. The molecule has 2 N–H and O–H groups in total. The normalized spacial score (nSPS) is 12.2. The first kappa shape index (κ1) is 10.0. The number of likely N-dealkylation sites (N-methyl/N-ethyl adjacent to an activating group) is 1. The highest BCUT2D eigenvalue weighted by Crippen LogP contribution is 2.28. The van der Waals surface area contributed by atoms with Gasteiger partial charge in [0.05, 0.1) is 23.9 Å². The molecule has 3 nitrogen and oxygen atoms in total. The monoisotopic (exact) mass is 211 g/mol. The maximum absolute atomic E-state index is 13.5. The Labute approximate surface area is 85.5 Å². The number of aromatic amines is 1. The van der Waals surface area contributed by atoms with Crippen LogP contribution in [0.2, 0.25) is 0 Å². The highest BCUT2D eigenvalue weighted by atomic mass is 19.3. The van der Waals surface area contributed by atoms with E-state index in [9.17, 15) is 8.78 Å². The molecule has 0 unspecified atom stereocenters. The first-order chi connectivity index (χ1) is 7.13. The lowest BCUT2D eigenvalue weighted by Crippen LogP contribution is -2.27. The topological polar surface area (TPSA) is 40.7 Å². The summed E-state index contributed by atoms with van der Waals surface area (Å²) < 4.78 is 27.0. The minimum Gasteiger partial charge on any atom is -0.345 e. The van der Waals surface area contributed by atoms with Crippen LogP contribution in [-0.2, 0) is 5.92 Å². The minimum atomic E-state index is -2.85. The van der Waals surface area contributed by atoms with Crippen molar-refractivity contribution in [3.8, 4) is 0 Å². The lowest BCUT2D eigenvalue weighted by Gasteiger charge is -2.15. The number of hydrogen-bond donors (Lipinski definition) is 2. The summed E-state index contributed by atoms with van der Waals surface area (Å²) in [6, 6.07) is 4.42. The van der Waals surface area contributed by atoms with E-state index in [0.717, 1.165) is 0 Å². The van der Waals surface area contributed by atoms with Crippen LogP contribution in [0, 0.1) is 0 Å². The van der Waals surface area contributed by atoms with Gasteiger partial charge in [0.25, 0.3) is 5.92 Å². The number of halogens is 2. The van der Waals surface area contributed by atoms with E-state index in [1.54, 1.807) is 6.07 Å². The van der Waals surface area contributed by atoms with Crippen LogP contribution in [0.3, 0.4) is 0 Å². The maximum atomic E-state index is 13.5. The molecule has 0 saturated carbocycles. The maximum Gasteiger partial charge on any atom is 0.285 e. The number of rotatable bonds is 3. The summed E-state index contributed by atoms with van der Waals surface area (Å²) in [5.74, 6) is -2.85. The van der Waals surface area contributed by atoms with Gasteiger partial charge in [-0.2, -0.15) is 8.78 Å². The van der Waals surface area contributed by atoms with Crippen molar-refractivity contribution in [1.82, 2.24) is 15.3 Å². The molecule has 0 bridgehead atoms. The van der Waals surface area contributed by atoms with Crippen LogP contribution in [0.25, 0.3) is 11.0 Å². The second-order valence-electron chi connectivity index (χ2n) is 3.37. The second kappa shape index (κ2) is 3.58. The molecule has 0 fully saturated rings. The molecule has 2 aromatic rings. The van der Waals surface area contributed by atoms with Gasteiger partial charge in [-0.25, -0.2) is 4.98 Å². The zero-order valence-corrected chi connectivity index (χ0v) is 8.22. The standard InChI is InChI=1S/C10H11F2N3/c1-13-5-10(11,12)7-2-3-8-9(4-7)15-6-14-8/h2-4,6,13H,5H2,1H3,(H,14,15). The third-order valence-corrected chi connectivity index (χ3v) is 2.24. The molecule has 15 heavy (non-hydrogen) atoms. The fourth-order valence-electron chi connectivity index (χ4n) is 1.49. The lowest BCUT2D eigenvalue weighted by molar-refractivity contribution is -0.00113. The van der Waals surface area contributed by atoms with Crippen LogP contribution in [0.15, 0.2) is 24.5 Å². The van der Waals surface area contributed by atoms with Gasteiger partial charge in [0, 0.05) is 5.56 Å². The number of aromatic nitrogens is 2. The van der Waals surface area contributed by atoms with Crippen LogP contribution in [-0.4, -0.2) is 23.6 Å². The number of alkyl halides is 2. The molecule has 0 saturated heterocycles. The van der Waals surface area contributed by atoms with Gasteiger partial charge in [0.15, 0.2) is 0 Å². The van der Waals surface area contributed by atoms with Gasteiger partial charge < -0.3 is 10.3 Å². The van der Waals surface area contributed by atoms with Crippen molar-refractivity contribution < 1.29 is 8.78 Å². The predicted molar refractivity (Wildman–Crippen MR) is 53.9 cm³/mol. The number of benzene rings is 1. The van der Waals surface area contributed by atoms with Gasteiger partial charge in [-0.15, -0.1) is 0 Å². The van der Waals surface area contributed by atoms with E-state index in [1.165, 1.54) is 25.5 Å². The average Bonchev–Trinajstić information content (AvgIpc) is 2.63. The van der Waals surface area contributed by atoms with Crippen molar-refractivity contribution in [1.29, 1.82) is 0 Å². The molecule has 0 aliphatic heterocycles. The van der Waals surface area contributed by atoms with E-state index in [0.29, 0.717) is 11.0 Å². The van der Waals surface area contributed by atoms with Crippen molar-refractivity contribution in [3.63, 3.8) is 0 Å². The summed E-state index contributed by atoms with van der Waals surface area (Å²) in [5.41, 5.74) is 1.32. The summed E-state index contributed by atoms with van der Waals surface area (Å²) in [7, 11) is 1.50. The Morgan fingerprint density at radius 3 is 3.00 bits per heavy atom. The smallest absolute Gasteiger partial charge is 0.285 e. The highest BCUT2D eigenvalue weighted by Gasteiger charge is 2.30. The number of nitrogens with zero attached hydrogens (tertiary/aromatic N) is 1. The van der Waals surface area contributed by atoms with Crippen LogP contribution < -0.4 is 5.32 Å². The second-order valence-corrected chi connectivity index (χ2v) is 3.37. The predicted octanol–water partition coefficient (Wildman–Crippen LogP) is 1.87. The van der Waals surface area contributed by atoms with Crippen molar-refractivity contribution in [3.05, 3.63) is 30.1 Å². The van der Waals surface area contributed by atoms with Gasteiger partial charge >= 0.3 is 0 Å². The molecule has 80 valence electrons. The third kappa shape index (κ3) is 1.83. The van der Waals surface area contributed by atoms with Crippen LogP contribution in [0.5, 0.6) is 0 Å². The molecule has 0 atom stereocenters. The first-order valence-corrected chi connectivity index (χ1v) is 4.59. The zero-order valence-electron chi connectivity index (χ0n) is 8.22. The van der Waals surface area contributed by atoms with Crippen LogP contribution in [0.1, 0.15) is 5.56 Å². The van der Waals surface area contributed by atoms with E-state index in [2.05, 4.69) is 15.3 Å². The molecule has 1 heterocycles. The Kier molecular flexibility index (Phi) is 2.40. The SMILES string of the molecule is CNCC(F)(F)c1ccc2nc[nH]c2c1. The lowest BCUT2D eigenvalue weighted by atomic mass is 10.1. The third-order valence-electron chi connectivity index (χ3n) is 2.24. The number of fused-ring (bicyclic) bond motifs is 1. The Balaban J connectivity index is 2.42. The molecule has 0 aliphatic rings. The average molecular weight is 211 g/mol. The highest BCUT2D eigenvalue weighted by molar-refractivity contribution is 5.75. The minimum absolute atomic E-state index is 0.00593. The largest absolute Gasteiger partial charge is 0.345 e. The number of H-pyrrole nitrogens is 1. The van der Waals surface area contributed by atoms with E-state index >= 15 is 0 Å².